The van der Waals surface area contributed by atoms with Crippen molar-refractivity contribution in [3.63, 3.8) is 0 Å². The predicted octanol–water partition coefficient (Wildman–Crippen LogP) is 6.55. The van der Waals surface area contributed by atoms with Crippen LogP contribution in [0.2, 0.25) is 0 Å². The number of aromatic hydroxyl groups is 1. The Morgan fingerprint density at radius 3 is 2.53 bits per heavy atom. The Hall–Kier alpha value is -3.81. The number of benzene rings is 4. The first-order valence-corrected chi connectivity index (χ1v) is 13.5. The molecule has 2 amide bonds. The van der Waals surface area contributed by atoms with E-state index < -0.39 is 0 Å². The number of phenols is 1. The molecule has 1 aliphatic rings. The topological polar surface area (TPSA) is 78.4 Å². The van der Waals surface area contributed by atoms with Crippen molar-refractivity contribution in [3.05, 3.63) is 108 Å². The van der Waals surface area contributed by atoms with Crippen LogP contribution in [-0.2, 0) is 6.54 Å². The summed E-state index contributed by atoms with van der Waals surface area (Å²) in [7, 11) is -0.374. The molecule has 0 saturated carbocycles. The summed E-state index contributed by atoms with van der Waals surface area (Å²) < 4.78 is 0. The van der Waals surface area contributed by atoms with Gasteiger partial charge in [-0.3, -0.25) is 9.59 Å². The van der Waals surface area contributed by atoms with Crippen LogP contribution in [0.4, 0.5) is 5.69 Å². The van der Waals surface area contributed by atoms with Gasteiger partial charge in [0.05, 0.1) is 11.3 Å². The molecule has 4 aromatic rings. The molecular weight excluding hydrogens is 488 g/mol. The highest BCUT2D eigenvalue weighted by Crippen LogP contribution is 2.44. The monoisotopic (exact) mass is 512 g/mol. The van der Waals surface area contributed by atoms with Gasteiger partial charge in [0.1, 0.15) is 5.75 Å². The standard InChI is InChI=1S/C29H24N2O3S2/c1-2-36-26-12-4-3-11-24(26)29(34)31-25-16-20(13-14-27(25)36)28(33)30-18-19-7-5-9-22(15-19)35-23-10-6-8-21(32)17-23/h2-17,32H,18H2,1H3,(H,30,33)(H,31,34). The van der Waals surface area contributed by atoms with E-state index in [1.165, 1.54) is 0 Å². The third-order valence-electron chi connectivity index (χ3n) is 5.74. The summed E-state index contributed by atoms with van der Waals surface area (Å²) in [5.74, 6) is -0.143. The van der Waals surface area contributed by atoms with E-state index in [2.05, 4.69) is 16.0 Å². The molecule has 1 unspecified atom stereocenters. The number of fused-ring (bicyclic) bond motifs is 2. The Morgan fingerprint density at radius 1 is 0.944 bits per heavy atom. The number of carbonyl (C=O) groups is 2. The minimum absolute atomic E-state index is 0.165. The van der Waals surface area contributed by atoms with Crippen molar-refractivity contribution in [1.29, 1.82) is 0 Å². The largest absolute Gasteiger partial charge is 0.508 e. The van der Waals surface area contributed by atoms with Crippen molar-refractivity contribution < 1.29 is 14.7 Å². The van der Waals surface area contributed by atoms with Crippen molar-refractivity contribution in [3.8, 4) is 5.75 Å². The summed E-state index contributed by atoms with van der Waals surface area (Å²) in [6.07, 6.45) is 0. The average Bonchev–Trinajstić information content (AvgIpc) is 3.00. The van der Waals surface area contributed by atoms with Gasteiger partial charge >= 0.3 is 0 Å². The lowest BCUT2D eigenvalue weighted by molar-refractivity contribution is 0.0949. The van der Waals surface area contributed by atoms with Gasteiger partial charge in [0.2, 0.25) is 0 Å². The molecule has 1 heterocycles. The van der Waals surface area contributed by atoms with Gasteiger partial charge in [-0.25, -0.2) is 0 Å². The smallest absolute Gasteiger partial charge is 0.256 e. The highest BCUT2D eigenvalue weighted by Gasteiger charge is 2.22. The van der Waals surface area contributed by atoms with Gasteiger partial charge in [-0.2, -0.15) is 0 Å². The van der Waals surface area contributed by atoms with E-state index in [0.29, 0.717) is 23.4 Å². The maximum Gasteiger partial charge on any atom is 0.256 e. The first-order valence-electron chi connectivity index (χ1n) is 11.4. The molecule has 7 heteroatoms. The predicted molar refractivity (Wildman–Crippen MR) is 147 cm³/mol. The Morgan fingerprint density at radius 2 is 1.72 bits per heavy atom. The Kier molecular flexibility index (Phi) is 6.93. The molecular formula is C29H24N2O3S2. The van der Waals surface area contributed by atoms with E-state index in [0.717, 1.165) is 25.1 Å². The van der Waals surface area contributed by atoms with Crippen LogP contribution in [0.25, 0.3) is 0 Å². The first kappa shape index (κ1) is 23.9. The van der Waals surface area contributed by atoms with Crippen LogP contribution >= 0.6 is 22.2 Å². The molecule has 36 heavy (non-hydrogen) atoms. The number of phenolic OH excluding ortho intramolecular Hbond substituents is 1. The quantitative estimate of drug-likeness (QED) is 0.265. The highest BCUT2D eigenvalue weighted by atomic mass is 32.2. The van der Waals surface area contributed by atoms with Gasteiger partial charge in [0, 0.05) is 31.7 Å². The lowest BCUT2D eigenvalue weighted by atomic mass is 10.1. The first-order chi connectivity index (χ1) is 17.5. The van der Waals surface area contributed by atoms with Crippen LogP contribution in [-0.4, -0.2) is 22.3 Å². The SMILES string of the molecule is C/C=S1/c2ccc(C(=O)NCc3cccc(Sc4cccc(O)c4)c3)cc2NC(=O)c2ccccc21. The van der Waals surface area contributed by atoms with E-state index >= 15 is 0 Å². The van der Waals surface area contributed by atoms with Crippen molar-refractivity contribution in [2.24, 2.45) is 0 Å². The molecule has 180 valence electrons. The minimum atomic E-state index is -0.374. The third kappa shape index (κ3) is 5.08. The number of anilines is 1. The summed E-state index contributed by atoms with van der Waals surface area (Å²) >= 11 is 1.55. The summed E-state index contributed by atoms with van der Waals surface area (Å²) in [5, 5.41) is 17.8. The Bertz CT molecular complexity index is 1510. The number of amides is 2. The fraction of sp³-hybridized carbons (Fsp3) is 0.0690. The molecule has 3 N–H and O–H groups in total. The normalized spacial score (nSPS) is 14.4. The van der Waals surface area contributed by atoms with E-state index in [4.69, 9.17) is 0 Å². The lowest BCUT2D eigenvalue weighted by Crippen LogP contribution is -2.23. The molecule has 5 rings (SSSR count). The van der Waals surface area contributed by atoms with Crippen LogP contribution in [0.3, 0.4) is 0 Å². The number of hydrogen-bond acceptors (Lipinski definition) is 4. The van der Waals surface area contributed by atoms with Crippen molar-refractivity contribution in [2.45, 2.75) is 33.1 Å². The second-order valence-electron chi connectivity index (χ2n) is 8.16. The zero-order valence-corrected chi connectivity index (χ0v) is 21.2. The fourth-order valence-corrected chi connectivity index (χ4v) is 6.94. The molecule has 0 fully saturated rings. The summed E-state index contributed by atoms with van der Waals surface area (Å²) in [4.78, 5) is 29.8. The molecule has 0 bridgehead atoms. The summed E-state index contributed by atoms with van der Waals surface area (Å²) in [6.45, 7) is 2.36. The van der Waals surface area contributed by atoms with Crippen LogP contribution in [0.5, 0.6) is 5.75 Å². The van der Waals surface area contributed by atoms with Gasteiger partial charge < -0.3 is 15.7 Å². The van der Waals surface area contributed by atoms with Crippen LogP contribution in [0, 0.1) is 0 Å². The molecule has 0 radical (unpaired) electrons. The summed E-state index contributed by atoms with van der Waals surface area (Å²) in [5.41, 5.74) is 2.78. The fourth-order valence-electron chi connectivity index (χ4n) is 4.06. The molecule has 5 nitrogen and oxygen atoms in total. The van der Waals surface area contributed by atoms with Gasteiger partial charge in [-0.15, -0.1) is 10.5 Å². The van der Waals surface area contributed by atoms with Crippen molar-refractivity contribution >= 4 is 45.1 Å². The number of nitrogens with one attached hydrogen (secondary N) is 2. The van der Waals surface area contributed by atoms with Gasteiger partial charge in [-0.05, 0) is 73.2 Å². The number of hydrogen-bond donors (Lipinski definition) is 3. The zero-order chi connectivity index (χ0) is 25.1. The van der Waals surface area contributed by atoms with E-state index in [9.17, 15) is 14.7 Å². The maximum absolute atomic E-state index is 13.0. The number of carbonyl (C=O) groups excluding carboxylic acids is 2. The van der Waals surface area contributed by atoms with E-state index in [1.807, 2.05) is 79.7 Å². The third-order valence-corrected chi connectivity index (χ3v) is 8.85. The van der Waals surface area contributed by atoms with Crippen LogP contribution < -0.4 is 10.6 Å². The summed E-state index contributed by atoms with van der Waals surface area (Å²) in [6, 6.07) is 28.2. The average molecular weight is 513 g/mol. The van der Waals surface area contributed by atoms with Crippen LogP contribution in [0.1, 0.15) is 33.2 Å². The zero-order valence-electron chi connectivity index (χ0n) is 19.5. The molecule has 4 aromatic carbocycles. The molecule has 1 aliphatic heterocycles. The molecule has 0 aliphatic carbocycles. The van der Waals surface area contributed by atoms with Gasteiger partial charge in [-0.1, -0.05) is 47.5 Å². The second-order valence-corrected chi connectivity index (χ2v) is 11.3. The minimum Gasteiger partial charge on any atom is -0.508 e. The van der Waals surface area contributed by atoms with E-state index in [1.54, 1.807) is 30.0 Å². The van der Waals surface area contributed by atoms with Crippen molar-refractivity contribution in [1.82, 2.24) is 5.32 Å². The Labute approximate surface area is 216 Å². The van der Waals surface area contributed by atoms with Crippen molar-refractivity contribution in [2.75, 3.05) is 5.32 Å². The van der Waals surface area contributed by atoms with Gasteiger partial charge in [0.25, 0.3) is 11.8 Å². The number of rotatable bonds is 5. The molecule has 1 atom stereocenters. The molecule has 0 spiro atoms. The Balaban J connectivity index is 1.32. The molecule has 0 saturated heterocycles. The highest BCUT2D eigenvalue weighted by molar-refractivity contribution is 8.15. The van der Waals surface area contributed by atoms with E-state index in [-0.39, 0.29) is 28.0 Å². The molecule has 0 aromatic heterocycles. The second kappa shape index (κ2) is 10.4. The van der Waals surface area contributed by atoms with Crippen LogP contribution in [0.15, 0.2) is 111 Å². The maximum atomic E-state index is 13.0. The van der Waals surface area contributed by atoms with Gasteiger partial charge in [0.15, 0.2) is 0 Å². The lowest BCUT2D eigenvalue weighted by Gasteiger charge is -2.13.